The van der Waals surface area contributed by atoms with Gasteiger partial charge in [-0.15, -0.1) is 0 Å². The molecule has 4 atom stereocenters. The lowest BCUT2D eigenvalue weighted by Gasteiger charge is -2.37. The Morgan fingerprint density at radius 3 is 2.48 bits per heavy atom. The highest BCUT2D eigenvalue weighted by Crippen LogP contribution is 2.40. The zero-order chi connectivity index (χ0) is 19.0. The van der Waals surface area contributed by atoms with E-state index < -0.39 is 6.10 Å². The van der Waals surface area contributed by atoms with Crippen molar-refractivity contribution in [1.82, 2.24) is 4.90 Å². The second-order valence-electron chi connectivity index (χ2n) is 8.25. The summed E-state index contributed by atoms with van der Waals surface area (Å²) in [5.74, 6) is -0.321. The third-order valence-electron chi connectivity index (χ3n) is 6.46. The van der Waals surface area contributed by atoms with E-state index in [0.29, 0.717) is 31.7 Å². The van der Waals surface area contributed by atoms with Crippen molar-refractivity contribution < 1.29 is 19.1 Å². The molecule has 0 aromatic heterocycles. The Bertz CT molecular complexity index is 742. The van der Waals surface area contributed by atoms with Crippen molar-refractivity contribution in [1.29, 1.82) is 0 Å². The molecule has 27 heavy (non-hydrogen) atoms. The molecule has 2 aliphatic carbocycles. The van der Waals surface area contributed by atoms with E-state index in [1.165, 1.54) is 5.56 Å². The minimum absolute atomic E-state index is 0.0136. The van der Waals surface area contributed by atoms with Gasteiger partial charge in [-0.1, -0.05) is 30.7 Å². The number of amides is 1. The lowest BCUT2D eigenvalue weighted by Crippen LogP contribution is -2.44. The number of ketones is 1. The minimum atomic E-state index is -0.778. The van der Waals surface area contributed by atoms with Crippen molar-refractivity contribution >= 4 is 17.7 Å². The van der Waals surface area contributed by atoms with E-state index in [0.717, 1.165) is 31.2 Å². The zero-order valence-corrected chi connectivity index (χ0v) is 15.9. The number of fused-ring (bicyclic) bond motifs is 3. The first kappa shape index (κ1) is 18.2. The van der Waals surface area contributed by atoms with Crippen LogP contribution in [0.25, 0.3) is 0 Å². The molecule has 1 aromatic carbocycles. The Kier molecular flexibility index (Phi) is 5.02. The maximum Gasteiger partial charge on any atom is 0.309 e. The Morgan fingerprint density at radius 1 is 1.11 bits per heavy atom. The number of carbonyl (C=O) groups excluding carboxylic acids is 3. The van der Waals surface area contributed by atoms with Gasteiger partial charge in [-0.2, -0.15) is 0 Å². The highest BCUT2D eigenvalue weighted by molar-refractivity contribution is 5.88. The molecule has 5 heteroatoms. The van der Waals surface area contributed by atoms with Gasteiger partial charge in [-0.05, 0) is 50.2 Å². The minimum Gasteiger partial charge on any atom is -0.452 e. The fraction of sp³-hybridized carbons (Fsp3) is 0.591. The van der Waals surface area contributed by atoms with Crippen LogP contribution in [0.5, 0.6) is 0 Å². The maximum atomic E-state index is 12.8. The van der Waals surface area contributed by atoms with Crippen LogP contribution in [0.1, 0.15) is 50.2 Å². The van der Waals surface area contributed by atoms with Crippen molar-refractivity contribution in [2.24, 2.45) is 17.8 Å². The van der Waals surface area contributed by atoms with Gasteiger partial charge in [0.1, 0.15) is 5.78 Å². The fourth-order valence-electron chi connectivity index (χ4n) is 4.93. The highest BCUT2D eigenvalue weighted by Gasteiger charge is 2.42. The Morgan fingerprint density at radius 2 is 1.78 bits per heavy atom. The quantitative estimate of drug-likeness (QED) is 0.769. The maximum absolute atomic E-state index is 12.8. The summed E-state index contributed by atoms with van der Waals surface area (Å²) in [5, 5.41) is 0. The number of benzene rings is 1. The summed E-state index contributed by atoms with van der Waals surface area (Å²) < 4.78 is 5.55. The van der Waals surface area contributed by atoms with Crippen molar-refractivity contribution in [3.63, 3.8) is 0 Å². The van der Waals surface area contributed by atoms with E-state index in [-0.39, 0.29) is 29.6 Å². The molecule has 1 aromatic rings. The van der Waals surface area contributed by atoms with Crippen LogP contribution in [0.4, 0.5) is 0 Å². The van der Waals surface area contributed by atoms with Crippen LogP contribution in [-0.4, -0.2) is 35.2 Å². The molecular weight excluding hydrogens is 342 g/mol. The van der Waals surface area contributed by atoms with Gasteiger partial charge in [0.15, 0.2) is 6.10 Å². The standard InChI is InChI=1S/C22H27NO4/c1-14(21(25)23-10-9-15-5-2-3-6-18(15)13-23)27-22(26)19-11-16-7-4-8-17(12-19)20(16)24/h2-3,5-6,14,16-17,19H,4,7-13H2,1H3/t14-,16-,17+,19?/m1/s1. The fourth-order valence-corrected chi connectivity index (χ4v) is 4.93. The molecule has 144 valence electrons. The first-order valence-corrected chi connectivity index (χ1v) is 10.1. The van der Waals surface area contributed by atoms with Crippen molar-refractivity contribution in [2.75, 3.05) is 6.54 Å². The predicted octanol–water partition coefficient (Wildman–Crippen LogP) is 2.90. The smallest absolute Gasteiger partial charge is 0.309 e. The van der Waals surface area contributed by atoms with Crippen LogP contribution in [-0.2, 0) is 32.1 Å². The van der Waals surface area contributed by atoms with Crippen LogP contribution in [0.3, 0.4) is 0 Å². The summed E-state index contributed by atoms with van der Waals surface area (Å²) in [7, 11) is 0. The number of Topliss-reactive ketones (excluding diaryl/α,β-unsaturated/α-hetero) is 1. The second kappa shape index (κ2) is 7.45. The van der Waals surface area contributed by atoms with Gasteiger partial charge in [0.05, 0.1) is 5.92 Å². The second-order valence-corrected chi connectivity index (χ2v) is 8.25. The Labute approximate surface area is 160 Å². The summed E-state index contributed by atoms with van der Waals surface area (Å²) >= 11 is 0. The molecule has 0 spiro atoms. The average Bonchev–Trinajstić information content (AvgIpc) is 2.66. The van der Waals surface area contributed by atoms with Crippen molar-refractivity contribution in [3.05, 3.63) is 35.4 Å². The molecule has 3 aliphatic rings. The number of hydrogen-bond acceptors (Lipinski definition) is 4. The summed E-state index contributed by atoms with van der Waals surface area (Å²) in [6, 6.07) is 8.15. The predicted molar refractivity (Wildman–Crippen MR) is 99.7 cm³/mol. The molecule has 0 radical (unpaired) electrons. The highest BCUT2D eigenvalue weighted by atomic mass is 16.5. The molecular formula is C22H27NO4. The van der Waals surface area contributed by atoms with Gasteiger partial charge in [0.2, 0.25) is 0 Å². The Hall–Kier alpha value is -2.17. The molecule has 5 nitrogen and oxygen atoms in total. The number of nitrogens with zero attached hydrogens (tertiary/aromatic N) is 1. The first-order valence-electron chi connectivity index (χ1n) is 10.1. The average molecular weight is 369 g/mol. The third kappa shape index (κ3) is 3.64. The first-order chi connectivity index (χ1) is 13.0. The Balaban J connectivity index is 1.35. The summed E-state index contributed by atoms with van der Waals surface area (Å²) in [5.41, 5.74) is 2.44. The number of hydrogen-bond donors (Lipinski definition) is 0. The van der Waals surface area contributed by atoms with Crippen LogP contribution >= 0.6 is 0 Å². The largest absolute Gasteiger partial charge is 0.452 e. The molecule has 2 bridgehead atoms. The number of carbonyl (C=O) groups is 3. The molecule has 2 fully saturated rings. The molecule has 4 rings (SSSR count). The van der Waals surface area contributed by atoms with E-state index >= 15 is 0 Å². The van der Waals surface area contributed by atoms with Gasteiger partial charge in [-0.25, -0.2) is 0 Å². The summed E-state index contributed by atoms with van der Waals surface area (Å²) in [4.78, 5) is 39.4. The lowest BCUT2D eigenvalue weighted by molar-refractivity contribution is -0.165. The van der Waals surface area contributed by atoms with Crippen LogP contribution in [0.2, 0.25) is 0 Å². The molecule has 1 unspecified atom stereocenters. The van der Waals surface area contributed by atoms with E-state index in [1.54, 1.807) is 11.8 Å². The number of rotatable bonds is 3. The monoisotopic (exact) mass is 369 g/mol. The summed E-state index contributed by atoms with van der Waals surface area (Å²) in [6.45, 7) is 2.88. The third-order valence-corrected chi connectivity index (χ3v) is 6.46. The molecule has 1 aliphatic heterocycles. The van der Waals surface area contributed by atoms with Crippen LogP contribution in [0, 0.1) is 17.8 Å². The van der Waals surface area contributed by atoms with Crippen molar-refractivity contribution in [2.45, 2.75) is 58.1 Å². The van der Waals surface area contributed by atoms with Gasteiger partial charge in [0, 0.05) is 24.9 Å². The van der Waals surface area contributed by atoms with Gasteiger partial charge in [0.25, 0.3) is 5.91 Å². The van der Waals surface area contributed by atoms with E-state index in [9.17, 15) is 14.4 Å². The molecule has 1 amide bonds. The van der Waals surface area contributed by atoms with Gasteiger partial charge < -0.3 is 9.64 Å². The topological polar surface area (TPSA) is 63.7 Å². The molecule has 2 saturated carbocycles. The zero-order valence-electron chi connectivity index (χ0n) is 15.9. The van der Waals surface area contributed by atoms with E-state index in [2.05, 4.69) is 6.07 Å². The van der Waals surface area contributed by atoms with Crippen molar-refractivity contribution in [3.8, 4) is 0 Å². The van der Waals surface area contributed by atoms with E-state index in [1.807, 2.05) is 18.2 Å². The van der Waals surface area contributed by atoms with E-state index in [4.69, 9.17) is 4.74 Å². The number of ether oxygens (including phenoxy) is 1. The summed E-state index contributed by atoms with van der Waals surface area (Å²) in [6.07, 6.45) is 4.09. The SMILES string of the molecule is C[C@@H](OC(=O)C1C[C@H]2CCC[C@@H](C1)C2=O)C(=O)N1CCc2ccccc2C1. The molecule has 0 saturated heterocycles. The number of esters is 1. The van der Waals surface area contributed by atoms with Crippen LogP contribution < -0.4 is 0 Å². The lowest BCUT2D eigenvalue weighted by atomic mass is 9.67. The van der Waals surface area contributed by atoms with Gasteiger partial charge >= 0.3 is 5.97 Å². The normalized spacial score (nSPS) is 28.3. The van der Waals surface area contributed by atoms with Crippen LogP contribution in [0.15, 0.2) is 24.3 Å². The van der Waals surface area contributed by atoms with Gasteiger partial charge in [-0.3, -0.25) is 14.4 Å². The molecule has 0 N–H and O–H groups in total. The molecule has 1 heterocycles.